The predicted octanol–water partition coefficient (Wildman–Crippen LogP) is 1.91. The number of nitrogens with zero attached hydrogens (tertiary/aromatic N) is 2. The Hall–Kier alpha value is -0.530. The molecule has 0 aliphatic carbocycles. The van der Waals surface area contributed by atoms with Crippen molar-refractivity contribution in [3.05, 3.63) is 12.0 Å². The standard InChI is InChI=1S/C11H21N3O2S2/c1-8(2)11-12-6-10(13-11)18(15,16)14(4)9(3)7-17-5/h6,8-9H,7H2,1-5H3,(H,12,13). The zero-order chi connectivity index (χ0) is 13.9. The molecule has 18 heavy (non-hydrogen) atoms. The van der Waals surface area contributed by atoms with Gasteiger partial charge in [-0.3, -0.25) is 0 Å². The Balaban J connectivity index is 2.98. The topological polar surface area (TPSA) is 66.1 Å². The molecule has 1 unspecified atom stereocenters. The van der Waals surface area contributed by atoms with Crippen molar-refractivity contribution in [3.8, 4) is 0 Å². The van der Waals surface area contributed by atoms with Gasteiger partial charge in [0.05, 0.1) is 6.20 Å². The summed E-state index contributed by atoms with van der Waals surface area (Å²) in [6, 6.07) is -0.0456. The average Bonchev–Trinajstić information content (AvgIpc) is 2.78. The highest BCUT2D eigenvalue weighted by Gasteiger charge is 2.27. The molecule has 0 radical (unpaired) electrons. The largest absolute Gasteiger partial charge is 0.332 e. The normalized spacial score (nSPS) is 14.4. The van der Waals surface area contributed by atoms with E-state index in [-0.39, 0.29) is 17.0 Å². The number of thioether (sulfide) groups is 1. The van der Waals surface area contributed by atoms with Crippen LogP contribution < -0.4 is 0 Å². The summed E-state index contributed by atoms with van der Waals surface area (Å²) in [5.74, 6) is 1.64. The van der Waals surface area contributed by atoms with E-state index < -0.39 is 10.0 Å². The second kappa shape index (κ2) is 6.08. The Morgan fingerprint density at radius 2 is 2.06 bits per heavy atom. The van der Waals surface area contributed by atoms with E-state index in [4.69, 9.17) is 0 Å². The first-order chi connectivity index (χ1) is 8.30. The van der Waals surface area contributed by atoms with E-state index in [0.717, 1.165) is 5.75 Å². The lowest BCUT2D eigenvalue weighted by Gasteiger charge is -2.22. The highest BCUT2D eigenvalue weighted by Crippen LogP contribution is 2.18. The molecule has 1 heterocycles. The van der Waals surface area contributed by atoms with Crippen LogP contribution in [-0.2, 0) is 10.0 Å². The van der Waals surface area contributed by atoms with Gasteiger partial charge in [0.1, 0.15) is 5.82 Å². The molecule has 0 saturated heterocycles. The third kappa shape index (κ3) is 3.27. The van der Waals surface area contributed by atoms with Gasteiger partial charge < -0.3 is 4.98 Å². The van der Waals surface area contributed by atoms with Gasteiger partial charge in [-0.05, 0) is 13.2 Å². The zero-order valence-electron chi connectivity index (χ0n) is 11.5. The van der Waals surface area contributed by atoms with E-state index in [1.165, 1.54) is 10.5 Å². The number of H-pyrrole nitrogens is 1. The molecule has 0 aliphatic heterocycles. The summed E-state index contributed by atoms with van der Waals surface area (Å²) in [6.45, 7) is 5.83. The van der Waals surface area contributed by atoms with E-state index >= 15 is 0 Å². The number of imidazole rings is 1. The number of hydrogen-bond acceptors (Lipinski definition) is 4. The van der Waals surface area contributed by atoms with Crippen LogP contribution in [0.4, 0.5) is 0 Å². The van der Waals surface area contributed by atoms with Crippen LogP contribution >= 0.6 is 11.8 Å². The fraction of sp³-hybridized carbons (Fsp3) is 0.727. The van der Waals surface area contributed by atoms with Crippen LogP contribution in [0.1, 0.15) is 32.5 Å². The minimum Gasteiger partial charge on any atom is -0.332 e. The van der Waals surface area contributed by atoms with E-state index in [1.54, 1.807) is 18.8 Å². The average molecular weight is 291 g/mol. The Kier molecular flexibility index (Phi) is 5.24. The maximum absolute atomic E-state index is 12.3. The van der Waals surface area contributed by atoms with Crippen LogP contribution in [0.25, 0.3) is 0 Å². The summed E-state index contributed by atoms with van der Waals surface area (Å²) < 4.78 is 26.0. The molecule has 7 heteroatoms. The number of aromatic amines is 1. The molecule has 0 aromatic carbocycles. The van der Waals surface area contributed by atoms with Crippen molar-refractivity contribution >= 4 is 21.8 Å². The monoisotopic (exact) mass is 291 g/mol. The summed E-state index contributed by atoms with van der Waals surface area (Å²) >= 11 is 1.63. The number of rotatable bonds is 6. The summed E-state index contributed by atoms with van der Waals surface area (Å²) in [4.78, 5) is 6.99. The van der Waals surface area contributed by atoms with E-state index in [2.05, 4.69) is 9.97 Å². The third-order valence-corrected chi connectivity index (χ3v) is 5.50. The minimum atomic E-state index is -3.47. The lowest BCUT2D eigenvalue weighted by Crippen LogP contribution is -2.36. The Morgan fingerprint density at radius 3 is 2.50 bits per heavy atom. The fourth-order valence-electron chi connectivity index (χ4n) is 1.48. The molecular formula is C11H21N3O2S2. The van der Waals surface area contributed by atoms with Gasteiger partial charge >= 0.3 is 0 Å². The van der Waals surface area contributed by atoms with Gasteiger partial charge in [-0.25, -0.2) is 13.4 Å². The van der Waals surface area contributed by atoms with Gasteiger partial charge in [-0.2, -0.15) is 16.1 Å². The molecule has 0 aliphatic rings. The molecule has 1 aromatic rings. The molecule has 104 valence electrons. The lowest BCUT2D eigenvalue weighted by molar-refractivity contribution is 0.413. The molecule has 5 nitrogen and oxygen atoms in total. The smallest absolute Gasteiger partial charge is 0.260 e. The van der Waals surface area contributed by atoms with Gasteiger partial charge in [0.2, 0.25) is 0 Å². The zero-order valence-corrected chi connectivity index (χ0v) is 13.1. The van der Waals surface area contributed by atoms with Gasteiger partial charge in [-0.15, -0.1) is 0 Å². The highest BCUT2D eigenvalue weighted by atomic mass is 32.2. The van der Waals surface area contributed by atoms with Crippen molar-refractivity contribution < 1.29 is 8.42 Å². The number of hydrogen-bond donors (Lipinski definition) is 1. The summed E-state index contributed by atoms with van der Waals surface area (Å²) in [5.41, 5.74) is 0. The maximum atomic E-state index is 12.3. The highest BCUT2D eigenvalue weighted by molar-refractivity contribution is 7.98. The van der Waals surface area contributed by atoms with Crippen LogP contribution in [0.5, 0.6) is 0 Å². The Bertz CT molecular complexity index is 482. The molecule has 0 bridgehead atoms. The fourth-order valence-corrected chi connectivity index (χ4v) is 3.56. The van der Waals surface area contributed by atoms with E-state index in [0.29, 0.717) is 5.82 Å². The van der Waals surface area contributed by atoms with Crippen molar-refractivity contribution in [3.63, 3.8) is 0 Å². The number of aromatic nitrogens is 2. The van der Waals surface area contributed by atoms with Crippen LogP contribution in [0, 0.1) is 0 Å². The van der Waals surface area contributed by atoms with Gasteiger partial charge in [0.25, 0.3) is 10.0 Å². The van der Waals surface area contributed by atoms with Crippen molar-refractivity contribution in [2.45, 2.75) is 37.8 Å². The first kappa shape index (κ1) is 15.5. The van der Waals surface area contributed by atoms with Crippen molar-refractivity contribution in [1.29, 1.82) is 0 Å². The van der Waals surface area contributed by atoms with Crippen molar-refractivity contribution in [2.75, 3.05) is 19.1 Å². The first-order valence-electron chi connectivity index (χ1n) is 5.82. The van der Waals surface area contributed by atoms with Crippen LogP contribution in [0.15, 0.2) is 11.2 Å². The first-order valence-corrected chi connectivity index (χ1v) is 8.66. The predicted molar refractivity (Wildman–Crippen MR) is 75.5 cm³/mol. The molecular weight excluding hydrogens is 270 g/mol. The second-order valence-electron chi connectivity index (χ2n) is 4.61. The number of sulfonamides is 1. The molecule has 0 spiro atoms. The van der Waals surface area contributed by atoms with Gasteiger partial charge in [0.15, 0.2) is 5.03 Å². The number of nitrogens with one attached hydrogen (secondary N) is 1. The lowest BCUT2D eigenvalue weighted by atomic mass is 10.2. The van der Waals surface area contributed by atoms with Crippen LogP contribution in [0.3, 0.4) is 0 Å². The van der Waals surface area contributed by atoms with E-state index in [9.17, 15) is 8.42 Å². The maximum Gasteiger partial charge on any atom is 0.260 e. The molecule has 1 rings (SSSR count). The van der Waals surface area contributed by atoms with Crippen LogP contribution in [-0.4, -0.2) is 47.8 Å². The SMILES string of the molecule is CSCC(C)N(C)S(=O)(=O)c1cnc(C(C)C)[nH]1. The van der Waals surface area contributed by atoms with Crippen molar-refractivity contribution in [2.24, 2.45) is 0 Å². The summed E-state index contributed by atoms with van der Waals surface area (Å²) in [7, 11) is -1.87. The van der Waals surface area contributed by atoms with Crippen molar-refractivity contribution in [1.82, 2.24) is 14.3 Å². The Labute approximate surface area is 113 Å². The third-order valence-electron chi connectivity index (χ3n) is 2.80. The summed E-state index contributed by atoms with van der Waals surface area (Å²) in [5, 5.41) is 0.168. The quantitative estimate of drug-likeness (QED) is 0.869. The van der Waals surface area contributed by atoms with Crippen LogP contribution in [0.2, 0.25) is 0 Å². The molecule has 1 atom stereocenters. The van der Waals surface area contributed by atoms with Gasteiger partial charge in [-0.1, -0.05) is 13.8 Å². The molecule has 1 N–H and O–H groups in total. The van der Waals surface area contributed by atoms with Gasteiger partial charge in [0, 0.05) is 24.8 Å². The molecule has 0 amide bonds. The minimum absolute atomic E-state index is 0.0456. The second-order valence-corrected chi connectivity index (χ2v) is 7.49. The molecule has 0 saturated carbocycles. The van der Waals surface area contributed by atoms with E-state index in [1.807, 2.05) is 27.0 Å². The summed E-state index contributed by atoms with van der Waals surface area (Å²) in [6.07, 6.45) is 3.36. The Morgan fingerprint density at radius 1 is 1.44 bits per heavy atom. The molecule has 0 fully saturated rings. The molecule has 1 aromatic heterocycles.